The van der Waals surface area contributed by atoms with Crippen LogP contribution in [-0.2, 0) is 4.74 Å². The molecule has 0 aliphatic carbocycles. The van der Waals surface area contributed by atoms with Gasteiger partial charge in [0.2, 0.25) is 0 Å². The number of carbonyl (C=O) groups is 1. The Balaban J connectivity index is 2.46. The van der Waals surface area contributed by atoms with E-state index in [1.165, 1.54) is 0 Å². The first-order valence-corrected chi connectivity index (χ1v) is 4.06. The molecule has 1 N–H and O–H groups in total. The highest BCUT2D eigenvalue weighted by Gasteiger charge is 2.03. The van der Waals surface area contributed by atoms with Crippen LogP contribution in [0.3, 0.4) is 0 Å². The summed E-state index contributed by atoms with van der Waals surface area (Å²) in [7, 11) is 0. The minimum Gasteiger partial charge on any atom is -0.447 e. The molecule has 0 aromatic carbocycles. The molecule has 0 atom stereocenters. The molecule has 0 unspecified atom stereocenters. The maximum absolute atomic E-state index is 11.1. The van der Waals surface area contributed by atoms with E-state index in [2.05, 4.69) is 10.3 Å². The first kappa shape index (κ1) is 9.51. The lowest BCUT2D eigenvalue weighted by atomic mass is 10.4. The van der Waals surface area contributed by atoms with Crippen LogP contribution in [0.15, 0.2) is 24.5 Å². The number of hydrogen-bond acceptors (Lipinski definition) is 3. The van der Waals surface area contributed by atoms with E-state index < -0.39 is 6.09 Å². The zero-order valence-corrected chi connectivity index (χ0v) is 7.65. The van der Waals surface area contributed by atoms with E-state index in [0.717, 1.165) is 0 Å². The Morgan fingerprint density at radius 3 is 2.62 bits per heavy atom. The van der Waals surface area contributed by atoms with Crippen molar-refractivity contribution in [3.63, 3.8) is 0 Å². The van der Waals surface area contributed by atoms with Crippen molar-refractivity contribution in [2.24, 2.45) is 0 Å². The number of rotatable bonds is 2. The molecule has 4 nitrogen and oxygen atoms in total. The smallest absolute Gasteiger partial charge is 0.411 e. The minimum absolute atomic E-state index is 0.109. The maximum Gasteiger partial charge on any atom is 0.411 e. The van der Waals surface area contributed by atoms with E-state index in [1.807, 2.05) is 0 Å². The van der Waals surface area contributed by atoms with Crippen molar-refractivity contribution in [2.45, 2.75) is 20.0 Å². The van der Waals surface area contributed by atoms with Gasteiger partial charge in [-0.2, -0.15) is 0 Å². The summed E-state index contributed by atoms with van der Waals surface area (Å²) in [6, 6.07) is 3.39. The summed E-state index contributed by atoms with van der Waals surface area (Å²) in [5, 5.41) is 2.57. The topological polar surface area (TPSA) is 51.2 Å². The van der Waals surface area contributed by atoms with E-state index in [9.17, 15) is 4.79 Å². The molecular formula is C9H12N2O2. The Bertz CT molecular complexity index is 272. The van der Waals surface area contributed by atoms with Crippen LogP contribution in [0.4, 0.5) is 10.5 Å². The summed E-state index contributed by atoms with van der Waals surface area (Å²) in [6.45, 7) is 3.60. The van der Waals surface area contributed by atoms with Crippen LogP contribution in [0.25, 0.3) is 0 Å². The second-order valence-electron chi connectivity index (χ2n) is 2.81. The SMILES string of the molecule is CC(C)OC(=O)Nc1ccncc1. The molecule has 70 valence electrons. The third-order valence-corrected chi connectivity index (χ3v) is 1.27. The number of carbonyl (C=O) groups excluding carboxylic acids is 1. The number of nitrogens with zero attached hydrogens (tertiary/aromatic N) is 1. The Kier molecular flexibility index (Phi) is 3.25. The molecule has 0 saturated carbocycles. The van der Waals surface area contributed by atoms with Crippen LogP contribution in [-0.4, -0.2) is 17.2 Å². The Morgan fingerprint density at radius 1 is 1.46 bits per heavy atom. The summed E-state index contributed by atoms with van der Waals surface area (Å²) in [6.07, 6.45) is 2.65. The van der Waals surface area contributed by atoms with Gasteiger partial charge in [0.25, 0.3) is 0 Å². The molecular weight excluding hydrogens is 168 g/mol. The number of anilines is 1. The molecule has 0 bridgehead atoms. The van der Waals surface area contributed by atoms with Gasteiger partial charge in [0.05, 0.1) is 6.10 Å². The summed E-state index contributed by atoms with van der Waals surface area (Å²) < 4.78 is 4.88. The minimum atomic E-state index is -0.443. The van der Waals surface area contributed by atoms with Crippen molar-refractivity contribution >= 4 is 11.8 Å². The van der Waals surface area contributed by atoms with Crippen LogP contribution in [0, 0.1) is 0 Å². The Hall–Kier alpha value is -1.58. The summed E-state index contributed by atoms with van der Waals surface area (Å²) in [4.78, 5) is 14.9. The molecule has 1 aromatic rings. The zero-order valence-electron chi connectivity index (χ0n) is 7.65. The van der Waals surface area contributed by atoms with Crippen molar-refractivity contribution in [1.29, 1.82) is 0 Å². The molecule has 0 saturated heterocycles. The number of pyridine rings is 1. The lowest BCUT2D eigenvalue weighted by molar-refractivity contribution is 0.130. The van der Waals surface area contributed by atoms with Crippen molar-refractivity contribution in [3.8, 4) is 0 Å². The van der Waals surface area contributed by atoms with Gasteiger partial charge in [-0.3, -0.25) is 10.3 Å². The predicted molar refractivity (Wildman–Crippen MR) is 49.5 cm³/mol. The molecule has 0 radical (unpaired) electrons. The summed E-state index contributed by atoms with van der Waals surface area (Å²) in [5.41, 5.74) is 0.681. The van der Waals surface area contributed by atoms with Crippen molar-refractivity contribution in [3.05, 3.63) is 24.5 Å². The fraction of sp³-hybridized carbons (Fsp3) is 0.333. The quantitative estimate of drug-likeness (QED) is 0.757. The first-order valence-electron chi connectivity index (χ1n) is 4.06. The Morgan fingerprint density at radius 2 is 2.08 bits per heavy atom. The molecule has 1 aromatic heterocycles. The number of nitrogens with one attached hydrogen (secondary N) is 1. The predicted octanol–water partition coefficient (Wildman–Crippen LogP) is 2.04. The van der Waals surface area contributed by atoms with Crippen LogP contribution >= 0.6 is 0 Å². The molecule has 1 amide bonds. The third kappa shape index (κ3) is 3.55. The lowest BCUT2D eigenvalue weighted by Crippen LogP contribution is -2.17. The van der Waals surface area contributed by atoms with Gasteiger partial charge in [0, 0.05) is 18.1 Å². The normalized spacial score (nSPS) is 9.77. The van der Waals surface area contributed by atoms with Crippen LogP contribution in [0.5, 0.6) is 0 Å². The average molecular weight is 180 g/mol. The van der Waals surface area contributed by atoms with E-state index >= 15 is 0 Å². The number of hydrogen-bond donors (Lipinski definition) is 1. The van der Waals surface area contributed by atoms with Crippen LogP contribution in [0.2, 0.25) is 0 Å². The molecule has 0 fully saturated rings. The summed E-state index contributed by atoms with van der Waals surface area (Å²) in [5.74, 6) is 0. The molecule has 13 heavy (non-hydrogen) atoms. The van der Waals surface area contributed by atoms with Crippen molar-refractivity contribution in [1.82, 2.24) is 4.98 Å². The van der Waals surface area contributed by atoms with Gasteiger partial charge in [0.15, 0.2) is 0 Å². The van der Waals surface area contributed by atoms with E-state index in [1.54, 1.807) is 38.4 Å². The molecule has 0 aliphatic rings. The average Bonchev–Trinajstić information content (AvgIpc) is 2.04. The monoisotopic (exact) mass is 180 g/mol. The third-order valence-electron chi connectivity index (χ3n) is 1.27. The number of aromatic nitrogens is 1. The molecule has 1 heterocycles. The zero-order chi connectivity index (χ0) is 9.68. The van der Waals surface area contributed by atoms with Gasteiger partial charge in [-0.05, 0) is 26.0 Å². The van der Waals surface area contributed by atoms with Gasteiger partial charge in [-0.15, -0.1) is 0 Å². The first-order chi connectivity index (χ1) is 6.18. The van der Waals surface area contributed by atoms with Gasteiger partial charge < -0.3 is 4.74 Å². The van der Waals surface area contributed by atoms with Crippen molar-refractivity contribution in [2.75, 3.05) is 5.32 Å². The second-order valence-corrected chi connectivity index (χ2v) is 2.81. The van der Waals surface area contributed by atoms with Crippen molar-refractivity contribution < 1.29 is 9.53 Å². The fourth-order valence-corrected chi connectivity index (χ4v) is 0.797. The standard InChI is InChI=1S/C9H12N2O2/c1-7(2)13-9(12)11-8-3-5-10-6-4-8/h3-7H,1-2H3,(H,10,11,12). The molecule has 0 spiro atoms. The van der Waals surface area contributed by atoms with E-state index in [0.29, 0.717) is 5.69 Å². The fourth-order valence-electron chi connectivity index (χ4n) is 0.797. The highest BCUT2D eigenvalue weighted by Crippen LogP contribution is 2.04. The second kappa shape index (κ2) is 4.45. The number of amides is 1. The van der Waals surface area contributed by atoms with Crippen LogP contribution < -0.4 is 5.32 Å². The van der Waals surface area contributed by atoms with Crippen LogP contribution in [0.1, 0.15) is 13.8 Å². The van der Waals surface area contributed by atoms with Gasteiger partial charge in [-0.25, -0.2) is 4.79 Å². The lowest BCUT2D eigenvalue weighted by Gasteiger charge is -2.08. The van der Waals surface area contributed by atoms with Gasteiger partial charge in [-0.1, -0.05) is 0 Å². The number of ether oxygens (including phenoxy) is 1. The molecule has 1 rings (SSSR count). The highest BCUT2D eigenvalue weighted by molar-refractivity contribution is 5.84. The molecule has 0 aliphatic heterocycles. The van der Waals surface area contributed by atoms with Gasteiger partial charge in [0.1, 0.15) is 0 Å². The Labute approximate surface area is 76.9 Å². The van der Waals surface area contributed by atoms with Gasteiger partial charge >= 0.3 is 6.09 Å². The summed E-state index contributed by atoms with van der Waals surface area (Å²) >= 11 is 0. The largest absolute Gasteiger partial charge is 0.447 e. The highest BCUT2D eigenvalue weighted by atomic mass is 16.6. The van der Waals surface area contributed by atoms with E-state index in [-0.39, 0.29) is 6.10 Å². The van der Waals surface area contributed by atoms with E-state index in [4.69, 9.17) is 4.74 Å². The molecule has 4 heteroatoms. The maximum atomic E-state index is 11.1.